The zero-order valence-corrected chi connectivity index (χ0v) is 7.19. The number of aliphatic hydroxyl groups excluding tert-OH is 2. The molecule has 1 heterocycles. The van der Waals surface area contributed by atoms with E-state index in [0.717, 1.165) is 0 Å². The maximum Gasteiger partial charge on any atom is 0.182 e. The van der Waals surface area contributed by atoms with Crippen molar-refractivity contribution >= 4 is 0 Å². The highest BCUT2D eigenvalue weighted by molar-refractivity contribution is 4.96. The van der Waals surface area contributed by atoms with Crippen LogP contribution in [0, 0.1) is 0 Å². The first-order valence-corrected chi connectivity index (χ1v) is 3.86. The van der Waals surface area contributed by atoms with Gasteiger partial charge in [-0.25, -0.2) is 0 Å². The molecule has 1 fully saturated rings. The molecule has 0 aromatic rings. The number of ether oxygens (including phenoxy) is 1. The number of aliphatic hydroxyl groups is 3. The molecule has 0 aromatic carbocycles. The van der Waals surface area contributed by atoms with Crippen LogP contribution in [-0.2, 0) is 4.74 Å². The van der Waals surface area contributed by atoms with Crippen LogP contribution in [0.3, 0.4) is 0 Å². The van der Waals surface area contributed by atoms with Crippen molar-refractivity contribution < 1.29 is 20.1 Å². The lowest BCUT2D eigenvalue weighted by Crippen LogP contribution is -2.64. The summed E-state index contributed by atoms with van der Waals surface area (Å²) in [4.78, 5) is 0. The monoisotopic (exact) mass is 177 g/mol. The van der Waals surface area contributed by atoms with Gasteiger partial charge in [-0.15, -0.1) is 0 Å². The second-order valence-corrected chi connectivity index (χ2v) is 3.32. The van der Waals surface area contributed by atoms with E-state index >= 15 is 0 Å². The molecular weight excluding hydrogens is 162 g/mol. The number of rotatable bonds is 1. The summed E-state index contributed by atoms with van der Waals surface area (Å²) in [6, 6.07) is -0.568. The van der Waals surface area contributed by atoms with Gasteiger partial charge in [0.1, 0.15) is 11.7 Å². The third kappa shape index (κ3) is 1.60. The fourth-order valence-electron chi connectivity index (χ4n) is 1.46. The van der Waals surface area contributed by atoms with Crippen LogP contribution in [0.25, 0.3) is 0 Å². The van der Waals surface area contributed by atoms with Crippen LogP contribution >= 0.6 is 0 Å². The minimum atomic E-state index is -1.22. The van der Waals surface area contributed by atoms with Gasteiger partial charge in [-0.2, -0.15) is 0 Å². The molecule has 1 saturated heterocycles. The van der Waals surface area contributed by atoms with Gasteiger partial charge in [-0.1, -0.05) is 0 Å². The van der Waals surface area contributed by atoms with Crippen molar-refractivity contribution in [1.29, 1.82) is 0 Å². The smallest absolute Gasteiger partial charge is 0.182 e. The maximum absolute atomic E-state index is 9.66. The molecule has 5 nitrogen and oxygen atoms in total. The molecule has 1 aliphatic heterocycles. The standard InChI is InChI=1S/C7H15NO4/c1-7(11)3-12-6(10)4(9)5(7)8-2/h4-6,8-11H,3H2,1-2H3/t4-,5-,6-,7+/m1/s1. The Balaban J connectivity index is 2.72. The fraction of sp³-hybridized carbons (Fsp3) is 1.00. The van der Waals surface area contributed by atoms with Crippen molar-refractivity contribution in [3.05, 3.63) is 0 Å². The Labute approximate surface area is 71.0 Å². The number of nitrogens with one attached hydrogen (secondary N) is 1. The van der Waals surface area contributed by atoms with Crippen molar-refractivity contribution in [3.63, 3.8) is 0 Å². The van der Waals surface area contributed by atoms with Crippen molar-refractivity contribution in [3.8, 4) is 0 Å². The van der Waals surface area contributed by atoms with Gasteiger partial charge in [-0.3, -0.25) is 0 Å². The highest BCUT2D eigenvalue weighted by atomic mass is 16.6. The molecule has 0 spiro atoms. The molecule has 0 unspecified atom stereocenters. The molecule has 12 heavy (non-hydrogen) atoms. The van der Waals surface area contributed by atoms with E-state index in [1.54, 1.807) is 14.0 Å². The van der Waals surface area contributed by atoms with Crippen LogP contribution in [0.4, 0.5) is 0 Å². The minimum absolute atomic E-state index is 0.0106. The molecule has 0 bridgehead atoms. The molecule has 0 saturated carbocycles. The summed E-state index contributed by atoms with van der Waals surface area (Å²) in [5, 5.41) is 30.9. The first-order valence-electron chi connectivity index (χ1n) is 3.86. The Bertz CT molecular complexity index is 161. The predicted molar refractivity (Wildman–Crippen MR) is 41.4 cm³/mol. The lowest BCUT2D eigenvalue weighted by Gasteiger charge is -2.42. The normalized spacial score (nSPS) is 49.2. The van der Waals surface area contributed by atoms with Crippen LogP contribution in [0.5, 0.6) is 0 Å². The SMILES string of the molecule is CN[C@@H]1[C@@H](O)[C@H](O)OC[C@]1(C)O. The minimum Gasteiger partial charge on any atom is -0.386 e. The van der Waals surface area contributed by atoms with Crippen LogP contribution in [0.15, 0.2) is 0 Å². The number of likely N-dealkylation sites (N-methyl/N-ethyl adjacent to an activating group) is 1. The third-order valence-corrected chi connectivity index (χ3v) is 2.16. The van der Waals surface area contributed by atoms with Gasteiger partial charge in [0.15, 0.2) is 6.29 Å². The quantitative estimate of drug-likeness (QED) is 0.374. The van der Waals surface area contributed by atoms with Gasteiger partial charge >= 0.3 is 0 Å². The van der Waals surface area contributed by atoms with E-state index in [1.165, 1.54) is 0 Å². The summed E-state index contributed by atoms with van der Waals surface area (Å²) >= 11 is 0. The van der Waals surface area contributed by atoms with Crippen LogP contribution in [-0.4, -0.2) is 53.0 Å². The average molecular weight is 177 g/mol. The van der Waals surface area contributed by atoms with Crippen LogP contribution in [0.2, 0.25) is 0 Å². The summed E-state index contributed by atoms with van der Waals surface area (Å²) in [6.07, 6.45) is -2.32. The van der Waals surface area contributed by atoms with Crippen molar-refractivity contribution in [2.24, 2.45) is 0 Å². The van der Waals surface area contributed by atoms with E-state index < -0.39 is 24.0 Å². The molecule has 0 aromatic heterocycles. The molecule has 1 rings (SSSR count). The van der Waals surface area contributed by atoms with Crippen molar-refractivity contribution in [2.75, 3.05) is 13.7 Å². The van der Waals surface area contributed by atoms with E-state index in [4.69, 9.17) is 9.84 Å². The summed E-state index contributed by atoms with van der Waals surface area (Å²) in [5.74, 6) is 0. The largest absolute Gasteiger partial charge is 0.386 e. The molecule has 0 aliphatic carbocycles. The summed E-state index contributed by atoms with van der Waals surface area (Å²) < 4.78 is 4.75. The molecule has 4 N–H and O–H groups in total. The molecule has 72 valence electrons. The number of hydrogen-bond donors (Lipinski definition) is 4. The lowest BCUT2D eigenvalue weighted by atomic mass is 9.90. The molecule has 4 atom stereocenters. The fourth-order valence-corrected chi connectivity index (χ4v) is 1.46. The first kappa shape index (κ1) is 9.88. The Morgan fingerprint density at radius 1 is 1.50 bits per heavy atom. The highest BCUT2D eigenvalue weighted by Crippen LogP contribution is 2.22. The summed E-state index contributed by atoms with van der Waals surface area (Å²) in [6.45, 7) is 1.56. The maximum atomic E-state index is 9.66. The van der Waals surface area contributed by atoms with E-state index in [0.29, 0.717) is 0 Å². The van der Waals surface area contributed by atoms with E-state index in [2.05, 4.69) is 5.32 Å². The lowest BCUT2D eigenvalue weighted by molar-refractivity contribution is -0.248. The van der Waals surface area contributed by atoms with Gasteiger partial charge in [0, 0.05) is 0 Å². The van der Waals surface area contributed by atoms with E-state index in [-0.39, 0.29) is 6.61 Å². The molecule has 1 aliphatic rings. The van der Waals surface area contributed by atoms with Gasteiger partial charge in [0.2, 0.25) is 0 Å². The Morgan fingerprint density at radius 2 is 2.08 bits per heavy atom. The highest BCUT2D eigenvalue weighted by Gasteiger charge is 2.44. The second-order valence-electron chi connectivity index (χ2n) is 3.32. The summed E-state index contributed by atoms with van der Waals surface area (Å²) in [7, 11) is 1.61. The number of hydrogen-bond acceptors (Lipinski definition) is 5. The second kappa shape index (κ2) is 3.27. The van der Waals surface area contributed by atoms with E-state index in [9.17, 15) is 10.2 Å². The Kier molecular flexibility index (Phi) is 2.70. The Hall–Kier alpha value is -0.200. The van der Waals surface area contributed by atoms with Gasteiger partial charge in [0.05, 0.1) is 12.6 Å². The zero-order valence-electron chi connectivity index (χ0n) is 7.19. The van der Waals surface area contributed by atoms with E-state index in [1.807, 2.05) is 0 Å². The third-order valence-electron chi connectivity index (χ3n) is 2.16. The molecule has 0 amide bonds. The first-order chi connectivity index (χ1) is 5.49. The molecule has 0 radical (unpaired) electrons. The van der Waals surface area contributed by atoms with Crippen molar-refractivity contribution in [1.82, 2.24) is 5.32 Å². The van der Waals surface area contributed by atoms with Gasteiger partial charge in [0.25, 0.3) is 0 Å². The zero-order chi connectivity index (χ0) is 9.35. The average Bonchev–Trinajstić information content (AvgIpc) is 1.99. The van der Waals surface area contributed by atoms with Crippen LogP contribution < -0.4 is 5.32 Å². The van der Waals surface area contributed by atoms with Crippen LogP contribution in [0.1, 0.15) is 6.92 Å². The van der Waals surface area contributed by atoms with Gasteiger partial charge in [-0.05, 0) is 14.0 Å². The summed E-state index contributed by atoms with van der Waals surface area (Å²) in [5.41, 5.74) is -1.15. The predicted octanol–water partition coefficient (Wildman–Crippen LogP) is -1.97. The Morgan fingerprint density at radius 3 is 2.50 bits per heavy atom. The molecule has 5 heteroatoms. The van der Waals surface area contributed by atoms with Gasteiger partial charge < -0.3 is 25.4 Å². The molecular formula is C7H15NO4. The van der Waals surface area contributed by atoms with Crippen molar-refractivity contribution in [2.45, 2.75) is 31.0 Å². The topological polar surface area (TPSA) is 82.0 Å².